The van der Waals surface area contributed by atoms with Gasteiger partial charge in [-0.05, 0) is 44.0 Å². The molecule has 140 valence electrons. The molecular weight excluding hydrogens is 324 g/mol. The minimum Gasteiger partial charge on any atom is -0.491 e. The molecular formula is C18H28N2O5. The minimum atomic E-state index is -0.765. The van der Waals surface area contributed by atoms with Crippen LogP contribution in [0, 0.1) is 0 Å². The molecule has 7 heteroatoms. The van der Waals surface area contributed by atoms with E-state index in [2.05, 4.69) is 10.6 Å². The van der Waals surface area contributed by atoms with E-state index in [4.69, 9.17) is 9.84 Å². The van der Waals surface area contributed by atoms with Crippen LogP contribution in [-0.2, 0) is 9.59 Å². The maximum absolute atomic E-state index is 10.9. The molecule has 2 atom stereocenters. The molecule has 1 amide bonds. The quantitative estimate of drug-likeness (QED) is 0.429. The Kier molecular flexibility index (Phi) is 9.57. The number of hydrogen-bond donors (Lipinski definition) is 4. The van der Waals surface area contributed by atoms with Crippen molar-refractivity contribution < 1.29 is 24.5 Å². The lowest BCUT2D eigenvalue weighted by molar-refractivity contribution is -0.137. The standard InChI is InChI=1S/C18H28N2O5/c1-13(5-3-4-6-18(23)24)19-11-16(22)12-25-17-9-7-15(8-10-17)20-14(2)21/h7-10,13,16,19,22H,3-6,11-12H2,1-2H3,(H,20,21)(H,23,24). The second-order valence-electron chi connectivity index (χ2n) is 6.12. The molecule has 0 heterocycles. The number of aliphatic hydroxyl groups is 1. The van der Waals surface area contributed by atoms with Crippen LogP contribution in [0.5, 0.6) is 5.75 Å². The Balaban J connectivity index is 2.18. The van der Waals surface area contributed by atoms with Crippen molar-refractivity contribution in [3.63, 3.8) is 0 Å². The van der Waals surface area contributed by atoms with Crippen LogP contribution in [0.15, 0.2) is 24.3 Å². The van der Waals surface area contributed by atoms with E-state index in [-0.39, 0.29) is 25.0 Å². The summed E-state index contributed by atoms with van der Waals surface area (Å²) >= 11 is 0. The molecule has 1 rings (SSSR count). The van der Waals surface area contributed by atoms with E-state index in [0.29, 0.717) is 24.4 Å². The lowest BCUT2D eigenvalue weighted by Gasteiger charge is -2.17. The summed E-state index contributed by atoms with van der Waals surface area (Å²) in [5, 5.41) is 24.4. The van der Waals surface area contributed by atoms with Crippen molar-refractivity contribution in [2.24, 2.45) is 0 Å². The van der Waals surface area contributed by atoms with Gasteiger partial charge in [0.15, 0.2) is 0 Å². The zero-order chi connectivity index (χ0) is 18.7. The number of nitrogens with one attached hydrogen (secondary N) is 2. The Hall–Kier alpha value is -2.12. The Labute approximate surface area is 148 Å². The average molecular weight is 352 g/mol. The Morgan fingerprint density at radius 2 is 1.88 bits per heavy atom. The molecule has 0 spiro atoms. The third-order valence-electron chi connectivity index (χ3n) is 3.60. The van der Waals surface area contributed by atoms with Crippen LogP contribution in [0.1, 0.15) is 39.5 Å². The third-order valence-corrected chi connectivity index (χ3v) is 3.60. The van der Waals surface area contributed by atoms with Crippen molar-refractivity contribution in [2.45, 2.75) is 51.7 Å². The van der Waals surface area contributed by atoms with Gasteiger partial charge in [-0.15, -0.1) is 0 Å². The molecule has 0 aliphatic carbocycles. The van der Waals surface area contributed by atoms with Crippen LogP contribution in [0.25, 0.3) is 0 Å². The molecule has 0 fully saturated rings. The van der Waals surface area contributed by atoms with E-state index in [1.54, 1.807) is 24.3 Å². The summed E-state index contributed by atoms with van der Waals surface area (Å²) in [4.78, 5) is 21.4. The number of benzene rings is 1. The molecule has 0 bridgehead atoms. The number of aliphatic carboxylic acids is 1. The predicted octanol–water partition coefficient (Wildman–Crippen LogP) is 2.01. The van der Waals surface area contributed by atoms with Crippen molar-refractivity contribution in [2.75, 3.05) is 18.5 Å². The highest BCUT2D eigenvalue weighted by atomic mass is 16.5. The number of hydrogen-bond acceptors (Lipinski definition) is 5. The predicted molar refractivity (Wildman–Crippen MR) is 95.8 cm³/mol. The minimum absolute atomic E-state index is 0.132. The first-order valence-corrected chi connectivity index (χ1v) is 8.50. The number of anilines is 1. The fourth-order valence-corrected chi connectivity index (χ4v) is 2.26. The van der Waals surface area contributed by atoms with Gasteiger partial charge in [-0.1, -0.05) is 6.42 Å². The Morgan fingerprint density at radius 3 is 2.48 bits per heavy atom. The van der Waals surface area contributed by atoms with Crippen molar-refractivity contribution >= 4 is 17.6 Å². The van der Waals surface area contributed by atoms with Gasteiger partial charge >= 0.3 is 5.97 Å². The molecule has 0 radical (unpaired) electrons. The molecule has 1 aromatic carbocycles. The number of unbranched alkanes of at least 4 members (excludes halogenated alkanes) is 1. The van der Waals surface area contributed by atoms with Gasteiger partial charge in [0.25, 0.3) is 0 Å². The van der Waals surface area contributed by atoms with E-state index in [9.17, 15) is 14.7 Å². The summed E-state index contributed by atoms with van der Waals surface area (Å²) in [6.45, 7) is 4.03. The normalized spacial score (nSPS) is 13.1. The van der Waals surface area contributed by atoms with Gasteiger partial charge in [0.1, 0.15) is 18.5 Å². The van der Waals surface area contributed by atoms with E-state index in [0.717, 1.165) is 12.8 Å². The van der Waals surface area contributed by atoms with Crippen LogP contribution in [0.4, 0.5) is 5.69 Å². The highest BCUT2D eigenvalue weighted by molar-refractivity contribution is 5.88. The summed E-state index contributed by atoms with van der Waals surface area (Å²) in [5.41, 5.74) is 0.693. The van der Waals surface area contributed by atoms with Crippen LogP contribution in [0.3, 0.4) is 0 Å². The molecule has 0 aliphatic rings. The maximum Gasteiger partial charge on any atom is 0.303 e. The van der Waals surface area contributed by atoms with Gasteiger partial charge in [0.2, 0.25) is 5.91 Å². The topological polar surface area (TPSA) is 108 Å². The van der Waals surface area contributed by atoms with E-state index in [1.807, 2.05) is 6.92 Å². The number of amides is 1. The molecule has 0 saturated heterocycles. The van der Waals surface area contributed by atoms with Crippen LogP contribution in [0.2, 0.25) is 0 Å². The SMILES string of the molecule is CC(=O)Nc1ccc(OCC(O)CNC(C)CCCCC(=O)O)cc1. The monoisotopic (exact) mass is 352 g/mol. The Morgan fingerprint density at radius 1 is 1.20 bits per heavy atom. The summed E-state index contributed by atoms with van der Waals surface area (Å²) in [6, 6.07) is 7.15. The second kappa shape index (κ2) is 11.4. The van der Waals surface area contributed by atoms with Gasteiger partial charge in [-0.3, -0.25) is 9.59 Å². The zero-order valence-electron chi connectivity index (χ0n) is 14.8. The number of rotatable bonds is 12. The summed E-state index contributed by atoms with van der Waals surface area (Å²) in [6.07, 6.45) is 1.93. The van der Waals surface area contributed by atoms with Crippen LogP contribution in [-0.4, -0.2) is 47.4 Å². The van der Waals surface area contributed by atoms with E-state index >= 15 is 0 Å². The third kappa shape index (κ3) is 10.4. The Bertz CT molecular complexity index is 533. The first-order valence-electron chi connectivity index (χ1n) is 8.50. The van der Waals surface area contributed by atoms with Crippen molar-refractivity contribution in [3.05, 3.63) is 24.3 Å². The maximum atomic E-state index is 10.9. The number of carboxylic acids is 1. The van der Waals surface area contributed by atoms with Crippen molar-refractivity contribution in [1.82, 2.24) is 5.32 Å². The van der Waals surface area contributed by atoms with Crippen molar-refractivity contribution in [1.29, 1.82) is 0 Å². The van der Waals surface area contributed by atoms with Crippen molar-refractivity contribution in [3.8, 4) is 5.75 Å². The molecule has 0 saturated carbocycles. The lowest BCUT2D eigenvalue weighted by Crippen LogP contribution is -2.36. The van der Waals surface area contributed by atoms with Gasteiger partial charge in [0, 0.05) is 31.6 Å². The molecule has 2 unspecified atom stereocenters. The summed E-state index contributed by atoms with van der Waals surface area (Å²) < 4.78 is 5.52. The highest BCUT2D eigenvalue weighted by Crippen LogP contribution is 2.15. The molecule has 0 aromatic heterocycles. The number of carbonyl (C=O) groups is 2. The van der Waals surface area contributed by atoms with Gasteiger partial charge in [0.05, 0.1) is 0 Å². The van der Waals surface area contributed by atoms with Gasteiger partial charge in [-0.2, -0.15) is 0 Å². The average Bonchev–Trinajstić information content (AvgIpc) is 2.55. The number of aliphatic hydroxyl groups excluding tert-OH is 1. The molecule has 4 N–H and O–H groups in total. The largest absolute Gasteiger partial charge is 0.491 e. The number of ether oxygens (including phenoxy) is 1. The van der Waals surface area contributed by atoms with Crippen LogP contribution >= 0.6 is 0 Å². The second-order valence-corrected chi connectivity index (χ2v) is 6.12. The fraction of sp³-hybridized carbons (Fsp3) is 0.556. The molecule has 7 nitrogen and oxygen atoms in total. The molecule has 0 aliphatic heterocycles. The van der Waals surface area contributed by atoms with E-state index < -0.39 is 12.1 Å². The summed E-state index contributed by atoms with van der Waals surface area (Å²) in [7, 11) is 0. The van der Waals surface area contributed by atoms with Gasteiger partial charge < -0.3 is 25.6 Å². The summed E-state index contributed by atoms with van der Waals surface area (Å²) in [5.74, 6) is -0.277. The fourth-order valence-electron chi connectivity index (χ4n) is 2.26. The molecule has 1 aromatic rings. The van der Waals surface area contributed by atoms with E-state index in [1.165, 1.54) is 6.92 Å². The smallest absolute Gasteiger partial charge is 0.303 e. The highest BCUT2D eigenvalue weighted by Gasteiger charge is 2.08. The number of carbonyl (C=O) groups excluding carboxylic acids is 1. The lowest BCUT2D eigenvalue weighted by atomic mass is 10.1. The first-order chi connectivity index (χ1) is 11.9. The first kappa shape index (κ1) is 20.9. The number of carboxylic acid groups (broad SMARTS) is 1. The van der Waals surface area contributed by atoms with Crippen LogP contribution < -0.4 is 15.4 Å². The molecule has 25 heavy (non-hydrogen) atoms. The zero-order valence-corrected chi connectivity index (χ0v) is 14.8. The van der Waals surface area contributed by atoms with Gasteiger partial charge in [-0.25, -0.2) is 0 Å².